The van der Waals surface area contributed by atoms with Crippen LogP contribution < -0.4 is 0 Å². The van der Waals surface area contributed by atoms with Crippen LogP contribution in [0.4, 0.5) is 4.39 Å². The predicted molar refractivity (Wildman–Crippen MR) is 96.8 cm³/mol. The molecule has 0 bridgehead atoms. The molecule has 1 atom stereocenters. The highest BCUT2D eigenvalue weighted by Crippen LogP contribution is 2.28. The molecule has 140 valence electrons. The van der Waals surface area contributed by atoms with Gasteiger partial charge in [0.25, 0.3) is 5.91 Å². The van der Waals surface area contributed by atoms with Gasteiger partial charge in [-0.3, -0.25) is 4.79 Å². The second-order valence-corrected chi connectivity index (χ2v) is 6.92. The van der Waals surface area contributed by atoms with Crippen molar-refractivity contribution >= 4 is 5.91 Å². The van der Waals surface area contributed by atoms with Gasteiger partial charge in [-0.05, 0) is 30.5 Å². The molecule has 0 radical (unpaired) electrons. The normalized spacial score (nSPS) is 17.3. The van der Waals surface area contributed by atoms with Crippen LogP contribution in [0, 0.1) is 5.82 Å². The third-order valence-electron chi connectivity index (χ3n) is 4.91. The average molecular weight is 368 g/mol. The number of carbonyl (C=O) groups is 1. The Morgan fingerprint density at radius 2 is 2.26 bits per heavy atom. The molecule has 1 aliphatic rings. The Bertz CT molecular complexity index is 949. The summed E-state index contributed by atoms with van der Waals surface area (Å²) in [5.41, 5.74) is 0.841. The fraction of sp³-hybridized carbons (Fsp3) is 0.350. The summed E-state index contributed by atoms with van der Waals surface area (Å²) in [5, 5.41) is 0. The molecule has 6 nitrogen and oxygen atoms in total. The number of hydrogen-bond donors (Lipinski definition) is 0. The summed E-state index contributed by atoms with van der Waals surface area (Å²) in [6.45, 7) is 1.27. The Morgan fingerprint density at radius 1 is 1.37 bits per heavy atom. The Labute approximate surface area is 156 Å². The van der Waals surface area contributed by atoms with Crippen LogP contribution >= 0.6 is 0 Å². The smallest absolute Gasteiger partial charge is 0.289 e. The Balaban J connectivity index is 1.45. The molecule has 1 aromatic carbocycles. The van der Waals surface area contributed by atoms with Gasteiger partial charge in [-0.15, -0.1) is 0 Å². The van der Waals surface area contributed by atoms with Gasteiger partial charge < -0.3 is 13.9 Å². The molecule has 1 amide bonds. The molecular weight excluding hydrogens is 347 g/mol. The second kappa shape index (κ2) is 7.34. The fourth-order valence-corrected chi connectivity index (χ4v) is 3.52. The van der Waals surface area contributed by atoms with E-state index in [0.717, 1.165) is 18.4 Å². The van der Waals surface area contributed by atoms with Crippen LogP contribution in [0.25, 0.3) is 0 Å². The molecule has 0 unspecified atom stereocenters. The summed E-state index contributed by atoms with van der Waals surface area (Å²) < 4.78 is 21.0. The standard InChI is InChI=1S/C20H21FN4O2/c1-24-9-7-22-18(24)20(26)25-8-3-5-15(13-25)19-23-12-17(27-19)11-14-4-2-6-16(21)10-14/h2,4,6-7,9-10,12,15H,3,5,8,11,13H2,1H3/t15-/m1/s1. The summed E-state index contributed by atoms with van der Waals surface area (Å²) in [4.78, 5) is 23.1. The summed E-state index contributed by atoms with van der Waals surface area (Å²) in [7, 11) is 1.81. The van der Waals surface area contributed by atoms with Crippen LogP contribution in [0.1, 0.15) is 46.6 Å². The van der Waals surface area contributed by atoms with Gasteiger partial charge in [0.05, 0.1) is 12.1 Å². The molecule has 0 N–H and O–H groups in total. The third-order valence-corrected chi connectivity index (χ3v) is 4.91. The summed E-state index contributed by atoms with van der Waals surface area (Å²) in [6.07, 6.45) is 7.39. The molecule has 1 aliphatic heterocycles. The number of benzene rings is 1. The van der Waals surface area contributed by atoms with Gasteiger partial charge in [-0.2, -0.15) is 0 Å². The number of hydrogen-bond acceptors (Lipinski definition) is 4. The van der Waals surface area contributed by atoms with E-state index in [1.54, 1.807) is 29.2 Å². The number of halogens is 1. The predicted octanol–water partition coefficient (Wildman–Crippen LogP) is 3.16. The van der Waals surface area contributed by atoms with Crippen LogP contribution in [0.3, 0.4) is 0 Å². The maximum Gasteiger partial charge on any atom is 0.289 e. The summed E-state index contributed by atoms with van der Waals surface area (Å²) in [6, 6.07) is 6.46. The Morgan fingerprint density at radius 3 is 3.04 bits per heavy atom. The number of imidazole rings is 1. The molecule has 3 heterocycles. The topological polar surface area (TPSA) is 64.2 Å². The quantitative estimate of drug-likeness (QED) is 0.710. The lowest BCUT2D eigenvalue weighted by Crippen LogP contribution is -2.40. The van der Waals surface area contributed by atoms with Crippen molar-refractivity contribution in [1.29, 1.82) is 0 Å². The Hall–Kier alpha value is -2.96. The molecule has 1 fully saturated rings. The molecule has 0 spiro atoms. The minimum atomic E-state index is -0.261. The zero-order valence-electron chi connectivity index (χ0n) is 15.1. The highest BCUT2D eigenvalue weighted by molar-refractivity contribution is 5.90. The molecule has 3 aromatic rings. The first-order valence-corrected chi connectivity index (χ1v) is 9.06. The van der Waals surface area contributed by atoms with E-state index < -0.39 is 0 Å². The maximum absolute atomic E-state index is 13.3. The SMILES string of the molecule is Cn1ccnc1C(=O)N1CCC[C@@H](c2ncc(Cc3cccc(F)c3)o2)C1. The van der Waals surface area contributed by atoms with E-state index >= 15 is 0 Å². The van der Waals surface area contributed by atoms with E-state index in [9.17, 15) is 9.18 Å². The van der Waals surface area contributed by atoms with Crippen molar-refractivity contribution in [3.05, 3.63) is 71.7 Å². The second-order valence-electron chi connectivity index (χ2n) is 6.92. The van der Waals surface area contributed by atoms with Gasteiger partial charge in [0.2, 0.25) is 0 Å². The van der Waals surface area contributed by atoms with Crippen molar-refractivity contribution in [3.8, 4) is 0 Å². The third kappa shape index (κ3) is 3.77. The van der Waals surface area contributed by atoms with Gasteiger partial charge in [-0.1, -0.05) is 12.1 Å². The lowest BCUT2D eigenvalue weighted by Gasteiger charge is -2.31. The lowest BCUT2D eigenvalue weighted by atomic mass is 9.98. The molecule has 0 saturated carbocycles. The van der Waals surface area contributed by atoms with E-state index in [4.69, 9.17) is 4.42 Å². The highest BCUT2D eigenvalue weighted by Gasteiger charge is 2.29. The van der Waals surface area contributed by atoms with Gasteiger partial charge >= 0.3 is 0 Å². The van der Waals surface area contributed by atoms with E-state index in [1.807, 2.05) is 18.0 Å². The molecular formula is C20H21FN4O2. The van der Waals surface area contributed by atoms with Crippen LogP contribution in [0.5, 0.6) is 0 Å². The highest BCUT2D eigenvalue weighted by atomic mass is 19.1. The number of aromatic nitrogens is 3. The fourth-order valence-electron chi connectivity index (χ4n) is 3.52. The van der Waals surface area contributed by atoms with Crippen LogP contribution in [0.2, 0.25) is 0 Å². The van der Waals surface area contributed by atoms with Crippen LogP contribution in [-0.2, 0) is 13.5 Å². The maximum atomic E-state index is 13.3. The van der Waals surface area contributed by atoms with E-state index in [2.05, 4.69) is 9.97 Å². The Kier molecular flexibility index (Phi) is 4.75. The van der Waals surface area contributed by atoms with Crippen molar-refractivity contribution < 1.29 is 13.6 Å². The summed E-state index contributed by atoms with van der Waals surface area (Å²) in [5.74, 6) is 1.50. The number of likely N-dealkylation sites (tertiary alicyclic amines) is 1. The van der Waals surface area contributed by atoms with Gasteiger partial charge in [-0.25, -0.2) is 14.4 Å². The number of amides is 1. The zero-order chi connectivity index (χ0) is 18.8. The monoisotopic (exact) mass is 368 g/mol. The van der Waals surface area contributed by atoms with Gasteiger partial charge in [0.15, 0.2) is 11.7 Å². The number of rotatable bonds is 4. The van der Waals surface area contributed by atoms with Crippen molar-refractivity contribution in [2.75, 3.05) is 13.1 Å². The number of aryl methyl sites for hydroxylation is 1. The largest absolute Gasteiger partial charge is 0.445 e. The first kappa shape index (κ1) is 17.5. The molecule has 1 saturated heterocycles. The first-order valence-electron chi connectivity index (χ1n) is 9.06. The van der Waals surface area contributed by atoms with Crippen molar-refractivity contribution in [3.63, 3.8) is 0 Å². The van der Waals surface area contributed by atoms with Crippen molar-refractivity contribution in [2.45, 2.75) is 25.2 Å². The molecule has 2 aromatic heterocycles. The molecule has 0 aliphatic carbocycles. The van der Waals surface area contributed by atoms with Crippen molar-refractivity contribution in [1.82, 2.24) is 19.4 Å². The minimum absolute atomic E-state index is 0.0595. The van der Waals surface area contributed by atoms with Crippen LogP contribution in [0.15, 0.2) is 47.3 Å². The average Bonchev–Trinajstić information content (AvgIpc) is 3.30. The number of piperidine rings is 1. The molecule has 4 rings (SSSR count). The van der Waals surface area contributed by atoms with Crippen LogP contribution in [-0.4, -0.2) is 38.4 Å². The molecule has 27 heavy (non-hydrogen) atoms. The summed E-state index contributed by atoms with van der Waals surface area (Å²) >= 11 is 0. The van der Waals surface area contributed by atoms with E-state index in [-0.39, 0.29) is 17.6 Å². The number of carbonyl (C=O) groups excluding carboxylic acids is 1. The van der Waals surface area contributed by atoms with Gasteiger partial charge in [0.1, 0.15) is 11.6 Å². The number of oxazole rings is 1. The lowest BCUT2D eigenvalue weighted by molar-refractivity contribution is 0.0682. The zero-order valence-corrected chi connectivity index (χ0v) is 15.1. The number of nitrogens with zero attached hydrogens (tertiary/aromatic N) is 4. The first-order chi connectivity index (χ1) is 13.1. The van der Waals surface area contributed by atoms with E-state index in [1.165, 1.54) is 12.1 Å². The van der Waals surface area contributed by atoms with Gasteiger partial charge in [0, 0.05) is 39.0 Å². The molecule has 7 heteroatoms. The van der Waals surface area contributed by atoms with Crippen molar-refractivity contribution in [2.24, 2.45) is 7.05 Å². The van der Waals surface area contributed by atoms with E-state index in [0.29, 0.717) is 37.0 Å². The minimum Gasteiger partial charge on any atom is -0.445 e.